The number of furan rings is 1. The van der Waals surface area contributed by atoms with Crippen LogP contribution in [0.1, 0.15) is 0 Å². The molecule has 0 bridgehead atoms. The molecule has 3 heteroatoms. The van der Waals surface area contributed by atoms with Crippen molar-refractivity contribution in [1.82, 2.24) is 9.38 Å². The SMILES string of the molecule is c1ccc(-c2cc3c4cc(-c5ccccn5)ccc4n4c3c(c2)c2ccc3oc5ccccc5c3c24)cc1. The maximum Gasteiger partial charge on any atom is 0.137 e. The molecule has 0 fully saturated rings. The minimum Gasteiger partial charge on any atom is -0.456 e. The molecule has 0 aliphatic heterocycles. The number of aromatic nitrogens is 2. The van der Waals surface area contributed by atoms with E-state index in [1.807, 2.05) is 24.4 Å². The highest BCUT2D eigenvalue weighted by Gasteiger charge is 2.22. The molecule has 4 aromatic heterocycles. The van der Waals surface area contributed by atoms with Gasteiger partial charge in [-0.1, -0.05) is 60.7 Å². The van der Waals surface area contributed by atoms with Gasteiger partial charge in [0, 0.05) is 38.7 Å². The molecule has 9 aromatic rings. The highest BCUT2D eigenvalue weighted by atomic mass is 16.3. The lowest BCUT2D eigenvalue weighted by Crippen LogP contribution is -1.84. The lowest BCUT2D eigenvalue weighted by atomic mass is 9.98. The van der Waals surface area contributed by atoms with Crippen LogP contribution < -0.4 is 0 Å². The van der Waals surface area contributed by atoms with Crippen molar-refractivity contribution in [2.24, 2.45) is 0 Å². The molecule has 0 N–H and O–H groups in total. The van der Waals surface area contributed by atoms with E-state index >= 15 is 0 Å². The van der Waals surface area contributed by atoms with Gasteiger partial charge in [0.1, 0.15) is 11.2 Å². The highest BCUT2D eigenvalue weighted by Crippen LogP contribution is 2.45. The molecule has 0 aliphatic carbocycles. The van der Waals surface area contributed by atoms with Crippen LogP contribution in [0.15, 0.2) is 126 Å². The number of para-hydroxylation sites is 1. The lowest BCUT2D eigenvalue weighted by Gasteiger charge is -2.05. The summed E-state index contributed by atoms with van der Waals surface area (Å²) < 4.78 is 8.76. The van der Waals surface area contributed by atoms with Crippen LogP contribution in [0.4, 0.5) is 0 Å². The lowest BCUT2D eigenvalue weighted by molar-refractivity contribution is 0.669. The van der Waals surface area contributed by atoms with Gasteiger partial charge in [0.2, 0.25) is 0 Å². The molecule has 38 heavy (non-hydrogen) atoms. The summed E-state index contributed by atoms with van der Waals surface area (Å²) in [7, 11) is 0. The number of hydrogen-bond acceptors (Lipinski definition) is 2. The van der Waals surface area contributed by atoms with Crippen LogP contribution in [0.3, 0.4) is 0 Å². The zero-order valence-corrected chi connectivity index (χ0v) is 20.3. The largest absolute Gasteiger partial charge is 0.456 e. The van der Waals surface area contributed by atoms with Crippen LogP contribution in [-0.4, -0.2) is 9.38 Å². The number of fused-ring (bicyclic) bond motifs is 10. The first-order chi connectivity index (χ1) is 18.8. The van der Waals surface area contributed by atoms with Gasteiger partial charge < -0.3 is 8.82 Å². The summed E-state index contributed by atoms with van der Waals surface area (Å²) in [5.41, 5.74) is 10.0. The average molecular weight is 485 g/mol. The van der Waals surface area contributed by atoms with E-state index in [0.29, 0.717) is 0 Å². The Morgan fingerprint density at radius 2 is 1.29 bits per heavy atom. The van der Waals surface area contributed by atoms with Gasteiger partial charge in [0.05, 0.1) is 27.6 Å². The molecule has 3 nitrogen and oxygen atoms in total. The fourth-order valence-corrected chi connectivity index (χ4v) is 6.32. The summed E-state index contributed by atoms with van der Waals surface area (Å²) >= 11 is 0. The molecular formula is C35H20N2O. The Kier molecular flexibility index (Phi) is 3.79. The van der Waals surface area contributed by atoms with Crippen LogP contribution in [-0.2, 0) is 0 Å². The molecule has 0 saturated heterocycles. The van der Waals surface area contributed by atoms with Gasteiger partial charge in [-0.15, -0.1) is 0 Å². The van der Waals surface area contributed by atoms with E-state index in [0.717, 1.165) is 27.8 Å². The van der Waals surface area contributed by atoms with Gasteiger partial charge >= 0.3 is 0 Å². The molecule has 5 aromatic carbocycles. The van der Waals surface area contributed by atoms with Gasteiger partial charge in [-0.3, -0.25) is 4.98 Å². The number of nitrogens with zero attached hydrogens (tertiary/aromatic N) is 2. The van der Waals surface area contributed by atoms with Crippen LogP contribution in [0, 0.1) is 0 Å². The second-order valence-corrected chi connectivity index (χ2v) is 10.0. The Morgan fingerprint density at radius 3 is 2.16 bits per heavy atom. The molecule has 0 unspecified atom stereocenters. The molecule has 0 aliphatic rings. The Bertz CT molecular complexity index is 2330. The van der Waals surface area contributed by atoms with Crippen molar-refractivity contribution in [2.45, 2.75) is 0 Å². The van der Waals surface area contributed by atoms with Crippen LogP contribution in [0.2, 0.25) is 0 Å². The minimum atomic E-state index is 0.918. The molecule has 176 valence electrons. The van der Waals surface area contributed by atoms with Gasteiger partial charge in [-0.05, 0) is 65.7 Å². The Hall–Kier alpha value is -5.15. The van der Waals surface area contributed by atoms with E-state index in [1.165, 1.54) is 54.6 Å². The second kappa shape index (κ2) is 7.21. The van der Waals surface area contributed by atoms with Crippen molar-refractivity contribution < 1.29 is 4.42 Å². The Morgan fingerprint density at radius 1 is 0.500 bits per heavy atom. The number of benzene rings is 5. The maximum atomic E-state index is 6.31. The fourth-order valence-electron chi connectivity index (χ4n) is 6.32. The van der Waals surface area contributed by atoms with Gasteiger partial charge in [-0.25, -0.2) is 0 Å². The first-order valence-corrected chi connectivity index (χ1v) is 12.9. The van der Waals surface area contributed by atoms with Gasteiger partial charge in [-0.2, -0.15) is 0 Å². The van der Waals surface area contributed by atoms with Crippen LogP contribution >= 0.6 is 0 Å². The van der Waals surface area contributed by atoms with Crippen LogP contribution in [0.25, 0.3) is 82.4 Å². The summed E-state index contributed by atoms with van der Waals surface area (Å²) in [6, 6.07) is 40.9. The quantitative estimate of drug-likeness (QED) is 0.245. The van der Waals surface area contributed by atoms with Crippen molar-refractivity contribution in [2.75, 3.05) is 0 Å². The smallest absolute Gasteiger partial charge is 0.137 e. The van der Waals surface area contributed by atoms with E-state index in [-0.39, 0.29) is 0 Å². The summed E-state index contributed by atoms with van der Waals surface area (Å²) in [5.74, 6) is 0. The Balaban J connectivity index is 1.52. The summed E-state index contributed by atoms with van der Waals surface area (Å²) in [6.45, 7) is 0. The predicted octanol–water partition coefficient (Wildman–Crippen LogP) is 9.47. The zero-order chi connectivity index (χ0) is 24.8. The summed E-state index contributed by atoms with van der Waals surface area (Å²) in [5, 5.41) is 7.32. The first kappa shape index (κ1) is 20.0. The molecule has 0 atom stereocenters. The summed E-state index contributed by atoms with van der Waals surface area (Å²) in [6.07, 6.45) is 1.86. The first-order valence-electron chi connectivity index (χ1n) is 12.9. The molecule has 0 radical (unpaired) electrons. The monoisotopic (exact) mass is 484 g/mol. The minimum absolute atomic E-state index is 0.918. The third kappa shape index (κ3) is 2.55. The van der Waals surface area contributed by atoms with Gasteiger partial charge in [0.25, 0.3) is 0 Å². The highest BCUT2D eigenvalue weighted by molar-refractivity contribution is 6.30. The number of pyridine rings is 1. The molecule has 0 saturated carbocycles. The van der Waals surface area contributed by atoms with E-state index in [9.17, 15) is 0 Å². The zero-order valence-electron chi connectivity index (χ0n) is 20.3. The van der Waals surface area contributed by atoms with Gasteiger partial charge in [0.15, 0.2) is 0 Å². The van der Waals surface area contributed by atoms with Crippen molar-refractivity contribution in [1.29, 1.82) is 0 Å². The number of hydrogen-bond donors (Lipinski definition) is 0. The van der Waals surface area contributed by atoms with E-state index < -0.39 is 0 Å². The van der Waals surface area contributed by atoms with Crippen molar-refractivity contribution in [3.63, 3.8) is 0 Å². The Labute approximate surface area is 217 Å². The topological polar surface area (TPSA) is 30.4 Å². The van der Waals surface area contributed by atoms with Crippen molar-refractivity contribution >= 4 is 60.0 Å². The number of rotatable bonds is 2. The molecule has 0 amide bonds. The molecule has 9 rings (SSSR count). The van der Waals surface area contributed by atoms with Crippen molar-refractivity contribution in [3.8, 4) is 22.4 Å². The second-order valence-electron chi connectivity index (χ2n) is 10.0. The predicted molar refractivity (Wildman–Crippen MR) is 157 cm³/mol. The average Bonchev–Trinajstić information content (AvgIpc) is 3.63. The third-order valence-electron chi connectivity index (χ3n) is 7.96. The molecule has 4 heterocycles. The standard InChI is InChI=1S/C35H20N2O/c1-2-8-21(9-3-1)23-19-27-24-14-16-32-33(25-10-4-5-12-31(25)38-32)35(24)37-30-15-13-22(29-11-6-7-17-36-29)18-26(30)28(20-23)34(27)37/h1-20H. The third-order valence-corrected chi connectivity index (χ3v) is 7.96. The van der Waals surface area contributed by atoms with Crippen LogP contribution in [0.5, 0.6) is 0 Å². The van der Waals surface area contributed by atoms with E-state index in [2.05, 4.69) is 106 Å². The molecule has 0 spiro atoms. The normalized spacial score (nSPS) is 12.2. The van der Waals surface area contributed by atoms with E-state index in [1.54, 1.807) is 0 Å². The maximum absolute atomic E-state index is 6.31. The fraction of sp³-hybridized carbons (Fsp3) is 0. The van der Waals surface area contributed by atoms with Crippen molar-refractivity contribution in [3.05, 3.63) is 121 Å². The van der Waals surface area contributed by atoms with E-state index in [4.69, 9.17) is 4.42 Å². The summed E-state index contributed by atoms with van der Waals surface area (Å²) in [4.78, 5) is 4.62. The molecular weight excluding hydrogens is 464 g/mol.